The van der Waals surface area contributed by atoms with Crippen LogP contribution in [-0.4, -0.2) is 32.1 Å². The number of nitrogens with two attached hydrogens (primary N) is 1. The van der Waals surface area contributed by atoms with E-state index in [1.54, 1.807) is 7.11 Å². The molecule has 2 rings (SSSR count). The van der Waals surface area contributed by atoms with Crippen molar-refractivity contribution in [3.8, 4) is 5.75 Å². The van der Waals surface area contributed by atoms with Crippen molar-refractivity contribution in [3.05, 3.63) is 29.8 Å². The van der Waals surface area contributed by atoms with Gasteiger partial charge < -0.3 is 15.4 Å². The normalized spacial score (nSPS) is 23.0. The van der Waals surface area contributed by atoms with Gasteiger partial charge in [0.05, 0.1) is 7.11 Å². The Bertz CT molecular complexity index is 382. The Balaban J connectivity index is 1.76. The number of rotatable bonds is 6. The molecule has 1 aliphatic carbocycles. The van der Waals surface area contributed by atoms with Crippen LogP contribution in [0.3, 0.4) is 0 Å². The molecule has 0 saturated heterocycles. The van der Waals surface area contributed by atoms with Crippen molar-refractivity contribution in [2.24, 2.45) is 17.6 Å². The highest BCUT2D eigenvalue weighted by Crippen LogP contribution is 2.28. The first-order valence-electron chi connectivity index (χ1n) is 7.72. The van der Waals surface area contributed by atoms with E-state index in [2.05, 4.69) is 24.1 Å². The largest absolute Gasteiger partial charge is 0.497 e. The lowest BCUT2D eigenvalue weighted by atomic mass is 9.82. The first-order valence-corrected chi connectivity index (χ1v) is 7.72. The molecule has 1 saturated carbocycles. The molecule has 0 spiro atoms. The third kappa shape index (κ3) is 4.50. The molecule has 2 N–H and O–H groups in total. The number of hydrogen-bond donors (Lipinski definition) is 1. The Morgan fingerprint density at radius 3 is 2.25 bits per heavy atom. The van der Waals surface area contributed by atoms with Crippen molar-refractivity contribution in [2.75, 3.05) is 27.2 Å². The number of benzene rings is 1. The fraction of sp³-hybridized carbons (Fsp3) is 0.647. The van der Waals surface area contributed by atoms with Gasteiger partial charge in [0, 0.05) is 13.1 Å². The summed E-state index contributed by atoms with van der Waals surface area (Å²) in [6, 6.07) is 8.38. The van der Waals surface area contributed by atoms with E-state index >= 15 is 0 Å². The van der Waals surface area contributed by atoms with Crippen LogP contribution in [0.25, 0.3) is 0 Å². The molecule has 1 aliphatic rings. The maximum Gasteiger partial charge on any atom is 0.118 e. The Morgan fingerprint density at radius 1 is 1.10 bits per heavy atom. The molecule has 3 nitrogen and oxygen atoms in total. The summed E-state index contributed by atoms with van der Waals surface area (Å²) in [5.74, 6) is 2.55. The third-order valence-corrected chi connectivity index (χ3v) is 4.48. The van der Waals surface area contributed by atoms with Gasteiger partial charge in [-0.15, -0.1) is 0 Å². The maximum absolute atomic E-state index is 5.76. The van der Waals surface area contributed by atoms with Crippen LogP contribution < -0.4 is 10.5 Å². The average molecular weight is 276 g/mol. The minimum atomic E-state index is 0.776. The van der Waals surface area contributed by atoms with Crippen LogP contribution in [-0.2, 0) is 6.54 Å². The molecule has 1 aromatic carbocycles. The van der Waals surface area contributed by atoms with E-state index in [4.69, 9.17) is 10.5 Å². The van der Waals surface area contributed by atoms with Crippen LogP contribution in [0, 0.1) is 11.8 Å². The van der Waals surface area contributed by atoms with E-state index in [0.29, 0.717) is 0 Å². The van der Waals surface area contributed by atoms with Crippen molar-refractivity contribution >= 4 is 0 Å². The van der Waals surface area contributed by atoms with Gasteiger partial charge in [-0.3, -0.25) is 0 Å². The molecule has 0 heterocycles. The molecule has 1 fully saturated rings. The smallest absolute Gasteiger partial charge is 0.118 e. The summed E-state index contributed by atoms with van der Waals surface area (Å²) in [5, 5.41) is 0. The van der Waals surface area contributed by atoms with Crippen molar-refractivity contribution in [1.82, 2.24) is 4.90 Å². The summed E-state index contributed by atoms with van der Waals surface area (Å²) in [5.41, 5.74) is 7.11. The van der Waals surface area contributed by atoms with Crippen LogP contribution >= 0.6 is 0 Å². The lowest BCUT2D eigenvalue weighted by Crippen LogP contribution is -2.29. The first-order chi connectivity index (χ1) is 9.71. The quantitative estimate of drug-likeness (QED) is 0.868. The van der Waals surface area contributed by atoms with Gasteiger partial charge >= 0.3 is 0 Å². The lowest BCUT2D eigenvalue weighted by Gasteiger charge is -2.30. The number of nitrogens with zero attached hydrogens (tertiary/aromatic N) is 1. The second kappa shape index (κ2) is 7.65. The molecule has 0 bridgehead atoms. The number of hydrogen-bond acceptors (Lipinski definition) is 3. The zero-order chi connectivity index (χ0) is 14.4. The fourth-order valence-corrected chi connectivity index (χ4v) is 3.20. The van der Waals surface area contributed by atoms with Crippen LogP contribution in [0.4, 0.5) is 0 Å². The second-order valence-corrected chi connectivity index (χ2v) is 6.17. The summed E-state index contributed by atoms with van der Waals surface area (Å²) in [4.78, 5) is 2.44. The summed E-state index contributed by atoms with van der Waals surface area (Å²) >= 11 is 0. The van der Waals surface area contributed by atoms with Gasteiger partial charge in [0.1, 0.15) is 5.75 Å². The average Bonchev–Trinajstić information content (AvgIpc) is 2.49. The molecular weight excluding hydrogens is 248 g/mol. The van der Waals surface area contributed by atoms with Gasteiger partial charge in [-0.05, 0) is 68.8 Å². The topological polar surface area (TPSA) is 38.5 Å². The zero-order valence-corrected chi connectivity index (χ0v) is 12.8. The first kappa shape index (κ1) is 15.3. The Labute approximate surface area is 123 Å². The van der Waals surface area contributed by atoms with Crippen LogP contribution in [0.1, 0.15) is 31.2 Å². The highest BCUT2D eigenvalue weighted by atomic mass is 16.5. The third-order valence-electron chi connectivity index (χ3n) is 4.48. The van der Waals surface area contributed by atoms with Gasteiger partial charge in [0.15, 0.2) is 0 Å². The predicted molar refractivity (Wildman–Crippen MR) is 83.8 cm³/mol. The fourth-order valence-electron chi connectivity index (χ4n) is 3.20. The molecule has 1 aromatic rings. The summed E-state index contributed by atoms with van der Waals surface area (Å²) in [6.45, 7) is 3.08. The van der Waals surface area contributed by atoms with Gasteiger partial charge in [-0.25, -0.2) is 0 Å². The van der Waals surface area contributed by atoms with E-state index in [0.717, 1.165) is 30.7 Å². The Kier molecular flexibility index (Phi) is 5.86. The molecule has 3 heteroatoms. The zero-order valence-electron chi connectivity index (χ0n) is 12.8. The van der Waals surface area contributed by atoms with E-state index in [1.807, 2.05) is 12.1 Å². The van der Waals surface area contributed by atoms with E-state index in [1.165, 1.54) is 37.8 Å². The Morgan fingerprint density at radius 2 is 1.70 bits per heavy atom. The summed E-state index contributed by atoms with van der Waals surface area (Å²) in [6.07, 6.45) is 5.32. The maximum atomic E-state index is 5.76. The predicted octanol–water partition coefficient (Wildman–Crippen LogP) is 2.89. The van der Waals surface area contributed by atoms with Gasteiger partial charge in [0.2, 0.25) is 0 Å². The molecule has 0 aromatic heterocycles. The molecular formula is C17H28N2O. The highest BCUT2D eigenvalue weighted by Gasteiger charge is 2.21. The number of ether oxygens (including phenoxy) is 1. The van der Waals surface area contributed by atoms with E-state index in [9.17, 15) is 0 Å². The van der Waals surface area contributed by atoms with Gasteiger partial charge in [0.25, 0.3) is 0 Å². The van der Waals surface area contributed by atoms with Crippen LogP contribution in [0.2, 0.25) is 0 Å². The lowest BCUT2D eigenvalue weighted by molar-refractivity contribution is 0.201. The van der Waals surface area contributed by atoms with Crippen molar-refractivity contribution < 1.29 is 4.74 Å². The van der Waals surface area contributed by atoms with Crippen molar-refractivity contribution in [3.63, 3.8) is 0 Å². The SMILES string of the molecule is COc1ccc(CN(C)CC2CCC(CN)CC2)cc1. The molecule has 0 unspecified atom stereocenters. The molecule has 0 atom stereocenters. The Hall–Kier alpha value is -1.06. The molecule has 0 radical (unpaired) electrons. The van der Waals surface area contributed by atoms with Crippen molar-refractivity contribution in [2.45, 2.75) is 32.2 Å². The molecule has 0 aliphatic heterocycles. The van der Waals surface area contributed by atoms with Crippen LogP contribution in [0.5, 0.6) is 5.75 Å². The number of methoxy groups -OCH3 is 1. The second-order valence-electron chi connectivity index (χ2n) is 6.17. The van der Waals surface area contributed by atoms with Gasteiger partial charge in [-0.1, -0.05) is 12.1 Å². The minimum absolute atomic E-state index is 0.776. The monoisotopic (exact) mass is 276 g/mol. The highest BCUT2D eigenvalue weighted by molar-refractivity contribution is 5.27. The van der Waals surface area contributed by atoms with Crippen LogP contribution in [0.15, 0.2) is 24.3 Å². The minimum Gasteiger partial charge on any atom is -0.497 e. The summed E-state index contributed by atoms with van der Waals surface area (Å²) < 4.78 is 5.19. The standard InChI is InChI=1S/C17H28N2O/c1-19(12-15-5-3-14(11-18)4-6-15)13-16-7-9-17(20-2)10-8-16/h7-10,14-15H,3-6,11-13,18H2,1-2H3. The molecule has 20 heavy (non-hydrogen) atoms. The van der Waals surface area contributed by atoms with Gasteiger partial charge in [-0.2, -0.15) is 0 Å². The van der Waals surface area contributed by atoms with E-state index < -0.39 is 0 Å². The molecule has 112 valence electrons. The molecule has 0 amide bonds. The van der Waals surface area contributed by atoms with Crippen molar-refractivity contribution in [1.29, 1.82) is 0 Å². The van der Waals surface area contributed by atoms with E-state index in [-0.39, 0.29) is 0 Å². The summed E-state index contributed by atoms with van der Waals surface area (Å²) in [7, 11) is 3.93.